The molecule has 5 heteroatoms. The molecule has 0 fully saturated rings. The van der Waals surface area contributed by atoms with Crippen molar-refractivity contribution >= 4 is 12.1 Å². The average molecular weight is 291 g/mol. The van der Waals surface area contributed by atoms with E-state index in [1.807, 2.05) is 24.3 Å². The molecule has 21 heavy (non-hydrogen) atoms. The van der Waals surface area contributed by atoms with E-state index in [2.05, 4.69) is 5.32 Å². The van der Waals surface area contributed by atoms with E-state index in [-0.39, 0.29) is 5.92 Å². The van der Waals surface area contributed by atoms with Gasteiger partial charge >= 0.3 is 12.1 Å². The molecule has 0 spiro atoms. The minimum atomic E-state index is -1.04. The highest BCUT2D eigenvalue weighted by Crippen LogP contribution is 2.35. The van der Waals surface area contributed by atoms with Crippen molar-refractivity contribution in [2.24, 2.45) is 0 Å². The van der Waals surface area contributed by atoms with E-state index in [4.69, 9.17) is 4.74 Å². The molecule has 1 amide bonds. The summed E-state index contributed by atoms with van der Waals surface area (Å²) in [6, 6.07) is 6.80. The number of rotatable bonds is 3. The Hall–Kier alpha value is -2.04. The molecule has 0 heterocycles. The molecule has 2 atom stereocenters. The second-order valence-electron chi connectivity index (χ2n) is 6.31. The molecule has 0 aliphatic heterocycles. The van der Waals surface area contributed by atoms with Crippen LogP contribution in [-0.2, 0) is 16.0 Å². The summed E-state index contributed by atoms with van der Waals surface area (Å²) in [6.45, 7) is 5.23. The molecule has 1 aliphatic carbocycles. The lowest BCUT2D eigenvalue weighted by Gasteiger charge is -2.25. The monoisotopic (exact) mass is 291 g/mol. The predicted molar refractivity (Wildman–Crippen MR) is 78.3 cm³/mol. The maximum atomic E-state index is 11.8. The van der Waals surface area contributed by atoms with Gasteiger partial charge in [-0.25, -0.2) is 9.59 Å². The van der Waals surface area contributed by atoms with Crippen LogP contribution in [0.5, 0.6) is 0 Å². The molecule has 2 rings (SSSR count). The van der Waals surface area contributed by atoms with Crippen molar-refractivity contribution < 1.29 is 19.4 Å². The highest BCUT2D eigenvalue weighted by atomic mass is 16.6. The number of aryl methyl sites for hydroxylation is 1. The fraction of sp³-hybridized carbons (Fsp3) is 0.500. The lowest BCUT2D eigenvalue weighted by atomic mass is 9.93. The van der Waals surface area contributed by atoms with Gasteiger partial charge in [0.2, 0.25) is 0 Å². The van der Waals surface area contributed by atoms with Crippen LogP contribution in [0.1, 0.15) is 44.2 Å². The van der Waals surface area contributed by atoms with Crippen molar-refractivity contribution in [2.75, 3.05) is 0 Å². The maximum absolute atomic E-state index is 11.8. The quantitative estimate of drug-likeness (QED) is 0.897. The van der Waals surface area contributed by atoms with Crippen LogP contribution in [0.4, 0.5) is 4.79 Å². The van der Waals surface area contributed by atoms with Crippen LogP contribution in [0.2, 0.25) is 0 Å². The molecule has 1 aromatic carbocycles. The minimum absolute atomic E-state index is 0.216. The van der Waals surface area contributed by atoms with Gasteiger partial charge in [0.25, 0.3) is 0 Å². The summed E-state index contributed by atoms with van der Waals surface area (Å²) >= 11 is 0. The number of fused-ring (bicyclic) bond motifs is 1. The van der Waals surface area contributed by atoms with E-state index in [9.17, 15) is 14.7 Å². The summed E-state index contributed by atoms with van der Waals surface area (Å²) in [6.07, 6.45) is 0.853. The number of benzene rings is 1. The molecular formula is C16H21NO4. The van der Waals surface area contributed by atoms with Crippen molar-refractivity contribution in [1.82, 2.24) is 5.32 Å². The normalized spacial score (nSPS) is 18.7. The zero-order chi connectivity index (χ0) is 15.6. The van der Waals surface area contributed by atoms with E-state index in [1.54, 1.807) is 20.8 Å². The van der Waals surface area contributed by atoms with Crippen LogP contribution in [-0.4, -0.2) is 28.8 Å². The first-order chi connectivity index (χ1) is 9.78. The Morgan fingerprint density at radius 3 is 2.62 bits per heavy atom. The summed E-state index contributed by atoms with van der Waals surface area (Å²) in [5, 5.41) is 11.9. The molecule has 5 nitrogen and oxygen atoms in total. The Kier molecular flexibility index (Phi) is 4.21. The first-order valence-electron chi connectivity index (χ1n) is 7.08. The van der Waals surface area contributed by atoms with Crippen molar-refractivity contribution in [1.29, 1.82) is 0 Å². The summed E-state index contributed by atoms with van der Waals surface area (Å²) in [7, 11) is 0. The molecular weight excluding hydrogens is 270 g/mol. The summed E-state index contributed by atoms with van der Waals surface area (Å²) in [4.78, 5) is 23.4. The van der Waals surface area contributed by atoms with Crippen LogP contribution in [0.3, 0.4) is 0 Å². The molecule has 114 valence electrons. The fourth-order valence-electron chi connectivity index (χ4n) is 2.71. The van der Waals surface area contributed by atoms with E-state index in [0.29, 0.717) is 6.42 Å². The van der Waals surface area contributed by atoms with E-state index in [0.717, 1.165) is 17.5 Å². The number of hydrogen-bond acceptors (Lipinski definition) is 3. The zero-order valence-electron chi connectivity index (χ0n) is 12.6. The van der Waals surface area contributed by atoms with Crippen LogP contribution in [0, 0.1) is 0 Å². The number of carbonyl (C=O) groups is 2. The average Bonchev–Trinajstić information content (AvgIpc) is 2.77. The SMILES string of the molecule is CC(C)(C)OC(=O)NC(C(=O)O)C1CCc2ccccc21. The smallest absolute Gasteiger partial charge is 0.408 e. The van der Waals surface area contributed by atoms with Gasteiger partial charge in [-0.2, -0.15) is 0 Å². The van der Waals surface area contributed by atoms with Crippen molar-refractivity contribution in [3.63, 3.8) is 0 Å². The first-order valence-corrected chi connectivity index (χ1v) is 7.08. The Morgan fingerprint density at radius 1 is 1.33 bits per heavy atom. The standard InChI is InChI=1S/C16H21NO4/c1-16(2,3)21-15(20)17-13(14(18)19)12-9-8-10-6-4-5-7-11(10)12/h4-7,12-13H,8-9H2,1-3H3,(H,17,20)(H,18,19). The largest absolute Gasteiger partial charge is 0.480 e. The zero-order valence-corrected chi connectivity index (χ0v) is 12.6. The number of nitrogens with one attached hydrogen (secondary N) is 1. The third-order valence-electron chi connectivity index (χ3n) is 3.52. The van der Waals surface area contributed by atoms with Gasteiger partial charge in [-0.1, -0.05) is 24.3 Å². The van der Waals surface area contributed by atoms with E-state index >= 15 is 0 Å². The van der Waals surface area contributed by atoms with Gasteiger partial charge in [0.15, 0.2) is 0 Å². The minimum Gasteiger partial charge on any atom is -0.480 e. The Morgan fingerprint density at radius 2 is 2.00 bits per heavy atom. The van der Waals surface area contributed by atoms with Gasteiger partial charge in [-0.05, 0) is 44.7 Å². The highest BCUT2D eigenvalue weighted by Gasteiger charge is 2.36. The maximum Gasteiger partial charge on any atom is 0.408 e. The van der Waals surface area contributed by atoms with Gasteiger partial charge in [0.05, 0.1) is 0 Å². The lowest BCUT2D eigenvalue weighted by Crippen LogP contribution is -2.46. The number of amides is 1. The van der Waals surface area contributed by atoms with Crippen LogP contribution < -0.4 is 5.32 Å². The highest BCUT2D eigenvalue weighted by molar-refractivity contribution is 5.81. The van der Waals surface area contributed by atoms with Gasteiger partial charge in [-0.3, -0.25) is 0 Å². The Balaban J connectivity index is 2.14. The molecule has 0 saturated heterocycles. The van der Waals surface area contributed by atoms with Gasteiger partial charge in [0, 0.05) is 5.92 Å². The number of hydrogen-bond donors (Lipinski definition) is 2. The predicted octanol–water partition coefficient (Wildman–Crippen LogP) is 2.69. The second kappa shape index (κ2) is 5.76. The van der Waals surface area contributed by atoms with Gasteiger partial charge in [0.1, 0.15) is 11.6 Å². The number of carbonyl (C=O) groups excluding carboxylic acids is 1. The summed E-state index contributed by atoms with van der Waals surface area (Å²) in [5.74, 6) is -1.26. The topological polar surface area (TPSA) is 75.6 Å². The summed E-state index contributed by atoms with van der Waals surface area (Å²) < 4.78 is 5.15. The third-order valence-corrected chi connectivity index (χ3v) is 3.52. The van der Waals surface area contributed by atoms with Gasteiger partial charge in [-0.15, -0.1) is 0 Å². The molecule has 2 N–H and O–H groups in total. The molecule has 0 saturated carbocycles. The molecule has 1 aromatic rings. The molecule has 0 radical (unpaired) electrons. The van der Waals surface area contributed by atoms with Crippen molar-refractivity contribution in [3.8, 4) is 0 Å². The molecule has 1 aliphatic rings. The Labute approximate surface area is 124 Å². The van der Waals surface area contributed by atoms with Crippen molar-refractivity contribution in [2.45, 2.75) is 51.2 Å². The van der Waals surface area contributed by atoms with Gasteiger partial charge < -0.3 is 15.2 Å². The van der Waals surface area contributed by atoms with Crippen molar-refractivity contribution in [3.05, 3.63) is 35.4 Å². The number of carboxylic acid groups (broad SMARTS) is 1. The van der Waals surface area contributed by atoms with Crippen LogP contribution in [0.15, 0.2) is 24.3 Å². The lowest BCUT2D eigenvalue weighted by molar-refractivity contribution is -0.140. The molecule has 0 bridgehead atoms. The number of ether oxygens (including phenoxy) is 1. The third kappa shape index (κ3) is 3.74. The molecule has 0 aromatic heterocycles. The second-order valence-corrected chi connectivity index (χ2v) is 6.31. The number of alkyl carbamates (subject to hydrolysis) is 1. The Bertz CT molecular complexity index is 547. The first kappa shape index (κ1) is 15.4. The van der Waals surface area contributed by atoms with E-state index < -0.39 is 23.7 Å². The summed E-state index contributed by atoms with van der Waals surface area (Å²) in [5.41, 5.74) is 1.50. The number of aliphatic carboxylic acids is 1. The fourth-order valence-corrected chi connectivity index (χ4v) is 2.71. The van der Waals surface area contributed by atoms with Crippen LogP contribution in [0.25, 0.3) is 0 Å². The number of carboxylic acids is 1. The molecule has 2 unspecified atom stereocenters. The van der Waals surface area contributed by atoms with E-state index in [1.165, 1.54) is 0 Å². The van der Waals surface area contributed by atoms with Crippen LogP contribution >= 0.6 is 0 Å².